The van der Waals surface area contributed by atoms with Crippen LogP contribution < -0.4 is 5.32 Å². The van der Waals surface area contributed by atoms with Crippen LogP contribution in [0.3, 0.4) is 0 Å². The topological polar surface area (TPSA) is 32.3 Å². The molecule has 2 unspecified atom stereocenters. The van der Waals surface area contributed by atoms with Crippen LogP contribution in [0.4, 0.5) is 0 Å². The van der Waals surface area contributed by atoms with Gasteiger partial charge in [0.25, 0.3) is 0 Å². The lowest BCUT2D eigenvalue weighted by Gasteiger charge is -2.20. The number of hydrogen-bond acceptors (Lipinski definition) is 2. The number of nitrogens with one attached hydrogen (secondary N) is 1. The first kappa shape index (κ1) is 14.2. The highest BCUT2D eigenvalue weighted by molar-refractivity contribution is 5.18. The Morgan fingerprint density at radius 1 is 1.18 bits per heavy atom. The molecule has 2 heteroatoms. The van der Waals surface area contributed by atoms with Crippen LogP contribution in [0.25, 0.3) is 0 Å². The molecule has 1 aromatic carbocycles. The van der Waals surface area contributed by atoms with Crippen LogP contribution in [0.15, 0.2) is 30.3 Å². The molecule has 0 aliphatic heterocycles. The van der Waals surface area contributed by atoms with Crippen LogP contribution in [-0.2, 0) is 0 Å². The molecule has 1 aromatic rings. The largest absolute Gasteiger partial charge is 0.392 e. The van der Waals surface area contributed by atoms with Crippen molar-refractivity contribution in [2.45, 2.75) is 45.8 Å². The number of hydrogen-bond donors (Lipinski definition) is 2. The lowest BCUT2D eigenvalue weighted by Crippen LogP contribution is -2.31. The molecule has 17 heavy (non-hydrogen) atoms. The maximum Gasteiger partial charge on any atom is 0.0667 e. The van der Waals surface area contributed by atoms with E-state index in [1.54, 1.807) is 0 Å². The van der Waals surface area contributed by atoms with E-state index in [9.17, 15) is 5.11 Å². The number of aliphatic hydroxyl groups excluding tert-OH is 1. The van der Waals surface area contributed by atoms with E-state index in [-0.39, 0.29) is 6.10 Å². The highest BCUT2D eigenvalue weighted by Crippen LogP contribution is 2.16. The summed E-state index contributed by atoms with van der Waals surface area (Å²) in [6, 6.07) is 10.8. The molecule has 1 rings (SSSR count). The van der Waals surface area contributed by atoms with E-state index in [1.807, 2.05) is 6.07 Å². The Morgan fingerprint density at radius 2 is 1.82 bits per heavy atom. The van der Waals surface area contributed by atoms with Gasteiger partial charge in [0.1, 0.15) is 0 Å². The van der Waals surface area contributed by atoms with Crippen molar-refractivity contribution < 1.29 is 5.11 Å². The monoisotopic (exact) mass is 235 g/mol. The molecule has 0 saturated carbocycles. The SMILES string of the molecule is CCC(NCC(O)CC(C)C)c1ccccc1. The van der Waals surface area contributed by atoms with Gasteiger partial charge in [-0.05, 0) is 24.3 Å². The van der Waals surface area contributed by atoms with Gasteiger partial charge in [-0.1, -0.05) is 51.1 Å². The first-order chi connectivity index (χ1) is 8.13. The third kappa shape index (κ3) is 5.33. The maximum atomic E-state index is 9.85. The Labute approximate surface area is 105 Å². The Hall–Kier alpha value is -0.860. The molecule has 0 bridgehead atoms. The molecular formula is C15H25NO. The van der Waals surface area contributed by atoms with Crippen molar-refractivity contribution in [3.8, 4) is 0 Å². The summed E-state index contributed by atoms with van der Waals surface area (Å²) in [5, 5.41) is 13.3. The van der Waals surface area contributed by atoms with E-state index in [0.29, 0.717) is 18.5 Å². The fourth-order valence-corrected chi connectivity index (χ4v) is 2.09. The smallest absolute Gasteiger partial charge is 0.0667 e. The number of rotatable bonds is 7. The summed E-state index contributed by atoms with van der Waals surface area (Å²) in [7, 11) is 0. The van der Waals surface area contributed by atoms with E-state index in [4.69, 9.17) is 0 Å². The maximum absolute atomic E-state index is 9.85. The Kier molecular flexibility index (Phi) is 6.23. The second-order valence-corrected chi connectivity index (χ2v) is 5.06. The molecule has 0 spiro atoms. The second kappa shape index (κ2) is 7.46. The molecule has 0 aromatic heterocycles. The normalized spacial score (nSPS) is 14.9. The standard InChI is InChI=1S/C15H25NO/c1-4-15(13-8-6-5-7-9-13)16-11-14(17)10-12(2)3/h5-9,12,14-17H,4,10-11H2,1-3H3. The van der Waals surface area contributed by atoms with Gasteiger partial charge in [0.05, 0.1) is 6.10 Å². The summed E-state index contributed by atoms with van der Waals surface area (Å²) in [5.41, 5.74) is 1.30. The second-order valence-electron chi connectivity index (χ2n) is 5.06. The Morgan fingerprint density at radius 3 is 2.35 bits per heavy atom. The van der Waals surface area contributed by atoms with Crippen molar-refractivity contribution in [2.75, 3.05) is 6.54 Å². The minimum absolute atomic E-state index is 0.243. The minimum atomic E-state index is -0.243. The quantitative estimate of drug-likeness (QED) is 0.761. The zero-order valence-electron chi connectivity index (χ0n) is 11.2. The molecule has 0 amide bonds. The van der Waals surface area contributed by atoms with Gasteiger partial charge in [-0.25, -0.2) is 0 Å². The molecule has 0 saturated heterocycles. The summed E-state index contributed by atoms with van der Waals surface area (Å²) in [5.74, 6) is 0.545. The molecule has 0 fully saturated rings. The van der Waals surface area contributed by atoms with Crippen LogP contribution in [0.2, 0.25) is 0 Å². The van der Waals surface area contributed by atoms with E-state index in [1.165, 1.54) is 5.56 Å². The molecule has 2 N–H and O–H groups in total. The van der Waals surface area contributed by atoms with Gasteiger partial charge >= 0.3 is 0 Å². The molecular weight excluding hydrogens is 210 g/mol. The fraction of sp³-hybridized carbons (Fsp3) is 0.600. The fourth-order valence-electron chi connectivity index (χ4n) is 2.09. The molecule has 96 valence electrons. The van der Waals surface area contributed by atoms with Crippen LogP contribution >= 0.6 is 0 Å². The lowest BCUT2D eigenvalue weighted by atomic mass is 10.0. The van der Waals surface area contributed by atoms with Crippen LogP contribution in [0, 0.1) is 5.92 Å². The van der Waals surface area contributed by atoms with Gasteiger partial charge in [0.15, 0.2) is 0 Å². The van der Waals surface area contributed by atoms with Gasteiger partial charge in [-0.2, -0.15) is 0 Å². The van der Waals surface area contributed by atoms with E-state index >= 15 is 0 Å². The van der Waals surface area contributed by atoms with Gasteiger partial charge in [-0.3, -0.25) is 0 Å². The summed E-state index contributed by atoms with van der Waals surface area (Å²) in [6.07, 6.45) is 1.66. The molecule has 0 radical (unpaired) electrons. The van der Waals surface area contributed by atoms with Gasteiger partial charge < -0.3 is 10.4 Å². The summed E-state index contributed by atoms with van der Waals surface area (Å²) in [6.45, 7) is 7.11. The summed E-state index contributed by atoms with van der Waals surface area (Å²) >= 11 is 0. The summed E-state index contributed by atoms with van der Waals surface area (Å²) in [4.78, 5) is 0. The third-order valence-electron chi connectivity index (χ3n) is 2.95. The Balaban J connectivity index is 2.43. The van der Waals surface area contributed by atoms with E-state index < -0.39 is 0 Å². The van der Waals surface area contributed by atoms with E-state index in [2.05, 4.69) is 50.4 Å². The lowest BCUT2D eigenvalue weighted by molar-refractivity contribution is 0.142. The highest BCUT2D eigenvalue weighted by Gasteiger charge is 2.11. The average Bonchev–Trinajstić information content (AvgIpc) is 2.30. The van der Waals surface area contributed by atoms with Gasteiger partial charge in [0.2, 0.25) is 0 Å². The number of aliphatic hydroxyl groups is 1. The molecule has 0 aliphatic carbocycles. The highest BCUT2D eigenvalue weighted by atomic mass is 16.3. The Bertz CT molecular complexity index is 297. The van der Waals surface area contributed by atoms with Crippen molar-refractivity contribution in [2.24, 2.45) is 5.92 Å². The van der Waals surface area contributed by atoms with Crippen molar-refractivity contribution in [1.82, 2.24) is 5.32 Å². The van der Waals surface area contributed by atoms with Crippen molar-refractivity contribution in [3.05, 3.63) is 35.9 Å². The predicted molar refractivity (Wildman–Crippen MR) is 72.9 cm³/mol. The molecule has 0 heterocycles. The number of benzene rings is 1. The van der Waals surface area contributed by atoms with Crippen molar-refractivity contribution >= 4 is 0 Å². The van der Waals surface area contributed by atoms with Crippen molar-refractivity contribution in [1.29, 1.82) is 0 Å². The van der Waals surface area contributed by atoms with Crippen molar-refractivity contribution in [3.63, 3.8) is 0 Å². The van der Waals surface area contributed by atoms with Crippen LogP contribution in [-0.4, -0.2) is 17.8 Å². The predicted octanol–water partition coefficient (Wildman–Crippen LogP) is 3.13. The first-order valence-electron chi connectivity index (χ1n) is 6.59. The third-order valence-corrected chi connectivity index (χ3v) is 2.95. The zero-order valence-corrected chi connectivity index (χ0v) is 11.2. The average molecular weight is 235 g/mol. The summed E-state index contributed by atoms with van der Waals surface area (Å²) < 4.78 is 0. The van der Waals surface area contributed by atoms with Gasteiger partial charge in [0, 0.05) is 12.6 Å². The molecule has 0 aliphatic rings. The van der Waals surface area contributed by atoms with Gasteiger partial charge in [-0.15, -0.1) is 0 Å². The van der Waals surface area contributed by atoms with Crippen LogP contribution in [0.5, 0.6) is 0 Å². The first-order valence-corrected chi connectivity index (χ1v) is 6.59. The molecule has 2 nitrogen and oxygen atoms in total. The minimum Gasteiger partial charge on any atom is -0.392 e. The molecule has 2 atom stereocenters. The van der Waals surface area contributed by atoms with Crippen LogP contribution in [0.1, 0.15) is 45.2 Å². The zero-order chi connectivity index (χ0) is 12.7. The van der Waals surface area contributed by atoms with E-state index in [0.717, 1.165) is 12.8 Å².